The summed E-state index contributed by atoms with van der Waals surface area (Å²) in [5, 5.41) is 24.0. The number of aromatic nitrogens is 2. The van der Waals surface area contributed by atoms with E-state index in [-0.39, 0.29) is 17.5 Å². The molecule has 9 heteroatoms. The fourth-order valence-corrected chi connectivity index (χ4v) is 9.46. The standard InChI is InChI=1S/C27H31N3O5Si/c1-5-27(33)21(35-24(23(27)31)30-17-16-22(28)29-25(30)32)18-34-36(26(2,3)4,19-12-8-6-9-13-19)20-14-10-7-11-15-20/h1,6-17,21,23-24,31,33H,18H2,2-4H3,(H2,28,29,32)/t21-,23+,24-,27-/m1/s1. The number of aliphatic hydroxyl groups is 2. The molecule has 1 saturated heterocycles. The van der Waals surface area contributed by atoms with Crippen LogP contribution < -0.4 is 21.8 Å². The third-order valence-electron chi connectivity index (χ3n) is 6.74. The molecule has 0 saturated carbocycles. The molecule has 2 aromatic carbocycles. The minimum atomic E-state index is -2.97. The predicted octanol–water partition coefficient (Wildman–Crippen LogP) is 1.02. The van der Waals surface area contributed by atoms with E-state index in [0.29, 0.717) is 0 Å². The normalized spacial score (nSPS) is 24.4. The zero-order valence-corrected chi connectivity index (χ0v) is 21.5. The number of aliphatic hydroxyl groups excluding tert-OH is 1. The van der Waals surface area contributed by atoms with Gasteiger partial charge in [-0.25, -0.2) is 4.79 Å². The van der Waals surface area contributed by atoms with Crippen LogP contribution in [0, 0.1) is 12.3 Å². The molecule has 8 nitrogen and oxygen atoms in total. The van der Waals surface area contributed by atoms with E-state index in [4.69, 9.17) is 21.3 Å². The summed E-state index contributed by atoms with van der Waals surface area (Å²) in [6.45, 7) is 6.26. The van der Waals surface area contributed by atoms with Gasteiger partial charge in [0, 0.05) is 6.20 Å². The van der Waals surface area contributed by atoms with Crippen LogP contribution in [0.2, 0.25) is 5.04 Å². The molecule has 0 amide bonds. The van der Waals surface area contributed by atoms with Crippen LogP contribution in [-0.4, -0.2) is 52.5 Å². The monoisotopic (exact) mass is 505 g/mol. The minimum absolute atomic E-state index is 0.0301. The highest BCUT2D eigenvalue weighted by Gasteiger charge is 2.58. The van der Waals surface area contributed by atoms with E-state index in [9.17, 15) is 15.0 Å². The van der Waals surface area contributed by atoms with Gasteiger partial charge in [-0.05, 0) is 21.5 Å². The van der Waals surface area contributed by atoms with Gasteiger partial charge in [-0.1, -0.05) is 87.4 Å². The van der Waals surface area contributed by atoms with Crippen molar-refractivity contribution < 1.29 is 19.4 Å². The van der Waals surface area contributed by atoms with Crippen molar-refractivity contribution in [3.05, 3.63) is 83.4 Å². The molecule has 0 spiro atoms. The van der Waals surface area contributed by atoms with E-state index in [1.165, 1.54) is 12.3 Å². The lowest BCUT2D eigenvalue weighted by Gasteiger charge is -2.44. The molecule has 4 N–H and O–H groups in total. The molecule has 0 bridgehead atoms. The predicted molar refractivity (Wildman–Crippen MR) is 140 cm³/mol. The lowest BCUT2D eigenvalue weighted by molar-refractivity contribution is -0.0592. The van der Waals surface area contributed by atoms with Gasteiger partial charge in [0.15, 0.2) is 11.8 Å². The maximum atomic E-state index is 12.4. The van der Waals surface area contributed by atoms with E-state index in [1.807, 2.05) is 60.7 Å². The second-order valence-electron chi connectivity index (χ2n) is 9.95. The van der Waals surface area contributed by atoms with Crippen LogP contribution in [0.4, 0.5) is 5.82 Å². The Morgan fingerprint density at radius 1 is 1.14 bits per heavy atom. The third-order valence-corrected chi connectivity index (χ3v) is 11.7. The second kappa shape index (κ2) is 9.65. The lowest BCUT2D eigenvalue weighted by atomic mass is 9.93. The van der Waals surface area contributed by atoms with Crippen molar-refractivity contribution in [1.82, 2.24) is 9.55 Å². The number of ether oxygens (including phenoxy) is 1. The Morgan fingerprint density at radius 3 is 2.17 bits per heavy atom. The van der Waals surface area contributed by atoms with E-state index in [1.54, 1.807) is 0 Å². The highest BCUT2D eigenvalue weighted by molar-refractivity contribution is 6.99. The highest BCUT2D eigenvalue weighted by atomic mass is 28.4. The number of terminal acetylenes is 1. The molecule has 0 aliphatic carbocycles. The summed E-state index contributed by atoms with van der Waals surface area (Å²) in [7, 11) is -2.97. The number of benzene rings is 2. The Balaban J connectivity index is 1.75. The summed E-state index contributed by atoms with van der Waals surface area (Å²) in [6, 6.07) is 21.4. The Bertz CT molecular complexity index is 1260. The van der Waals surface area contributed by atoms with Crippen LogP contribution in [0.5, 0.6) is 0 Å². The molecule has 3 aromatic rings. The third kappa shape index (κ3) is 4.27. The average Bonchev–Trinajstić information content (AvgIpc) is 3.10. The molecular formula is C27H31N3O5Si. The number of hydrogen-bond donors (Lipinski definition) is 3. The number of anilines is 1. The van der Waals surface area contributed by atoms with Crippen molar-refractivity contribution in [2.24, 2.45) is 0 Å². The molecule has 188 valence electrons. The zero-order valence-electron chi connectivity index (χ0n) is 20.5. The van der Waals surface area contributed by atoms with Gasteiger partial charge in [0.05, 0.1) is 6.61 Å². The van der Waals surface area contributed by atoms with Crippen molar-refractivity contribution in [2.45, 2.75) is 49.8 Å². The number of hydrogen-bond acceptors (Lipinski definition) is 7. The van der Waals surface area contributed by atoms with Crippen LogP contribution >= 0.6 is 0 Å². The fraction of sp³-hybridized carbons (Fsp3) is 0.333. The van der Waals surface area contributed by atoms with Gasteiger partial charge in [-0.3, -0.25) is 4.57 Å². The first-order chi connectivity index (χ1) is 17.0. The molecule has 1 aliphatic rings. The van der Waals surface area contributed by atoms with E-state index >= 15 is 0 Å². The Hall–Kier alpha value is -3.26. The maximum absolute atomic E-state index is 12.4. The van der Waals surface area contributed by atoms with E-state index in [0.717, 1.165) is 14.9 Å². The van der Waals surface area contributed by atoms with Crippen molar-refractivity contribution in [3.63, 3.8) is 0 Å². The van der Waals surface area contributed by atoms with Gasteiger partial charge in [0.1, 0.15) is 18.0 Å². The topological polar surface area (TPSA) is 120 Å². The Labute approximate surface area is 211 Å². The van der Waals surface area contributed by atoms with E-state index in [2.05, 4.69) is 31.7 Å². The first-order valence-electron chi connectivity index (χ1n) is 11.7. The molecule has 0 radical (unpaired) electrons. The molecule has 36 heavy (non-hydrogen) atoms. The summed E-state index contributed by atoms with van der Waals surface area (Å²) >= 11 is 0. The first-order valence-corrected chi connectivity index (χ1v) is 13.6. The van der Waals surface area contributed by atoms with Crippen molar-refractivity contribution in [3.8, 4) is 12.3 Å². The number of rotatable bonds is 6. The summed E-state index contributed by atoms with van der Waals surface area (Å²) < 4.78 is 13.9. The largest absolute Gasteiger partial charge is 0.405 e. The van der Waals surface area contributed by atoms with Crippen molar-refractivity contribution in [1.29, 1.82) is 0 Å². The first kappa shape index (κ1) is 25.8. The number of nitrogens with two attached hydrogens (primary N) is 1. The van der Waals surface area contributed by atoms with Gasteiger partial charge < -0.3 is 25.1 Å². The Morgan fingerprint density at radius 2 is 1.69 bits per heavy atom. The molecule has 2 heterocycles. The number of nitrogens with zero attached hydrogens (tertiary/aromatic N) is 2. The molecule has 4 rings (SSSR count). The fourth-order valence-electron chi connectivity index (χ4n) is 4.90. The smallest absolute Gasteiger partial charge is 0.351 e. The van der Waals surface area contributed by atoms with Gasteiger partial charge in [-0.2, -0.15) is 4.98 Å². The average molecular weight is 506 g/mol. The van der Waals surface area contributed by atoms with Crippen LogP contribution in [0.25, 0.3) is 0 Å². The molecule has 1 aromatic heterocycles. The molecule has 1 fully saturated rings. The highest BCUT2D eigenvalue weighted by Crippen LogP contribution is 2.40. The van der Waals surface area contributed by atoms with Crippen LogP contribution in [0.15, 0.2) is 77.7 Å². The van der Waals surface area contributed by atoms with E-state index < -0.39 is 38.0 Å². The SMILES string of the molecule is C#C[C@@]1(O)[C@@H](CO[Si](c2ccccc2)(c2ccccc2)C(C)(C)C)O[C@@H](n2ccc(N)nc2=O)[C@@H]1O. The zero-order chi connectivity index (χ0) is 26.1. The minimum Gasteiger partial charge on any atom is -0.405 e. The van der Waals surface area contributed by atoms with Crippen LogP contribution in [0.3, 0.4) is 0 Å². The second-order valence-corrected chi connectivity index (χ2v) is 14.3. The van der Waals surface area contributed by atoms with Gasteiger partial charge >= 0.3 is 5.69 Å². The van der Waals surface area contributed by atoms with Crippen molar-refractivity contribution >= 4 is 24.5 Å². The maximum Gasteiger partial charge on any atom is 0.351 e. The molecule has 4 atom stereocenters. The van der Waals surface area contributed by atoms with Crippen LogP contribution in [0.1, 0.15) is 27.0 Å². The summed E-state index contributed by atoms with van der Waals surface area (Å²) in [6.07, 6.45) is 3.06. The summed E-state index contributed by atoms with van der Waals surface area (Å²) in [4.78, 5) is 16.1. The molecule has 1 aliphatic heterocycles. The van der Waals surface area contributed by atoms with Crippen LogP contribution in [-0.2, 0) is 9.16 Å². The van der Waals surface area contributed by atoms with Gasteiger partial charge in [0.2, 0.25) is 0 Å². The van der Waals surface area contributed by atoms with Gasteiger partial charge in [0.25, 0.3) is 8.32 Å². The van der Waals surface area contributed by atoms with Gasteiger partial charge in [-0.15, -0.1) is 6.42 Å². The Kier molecular flexibility index (Phi) is 6.92. The number of nitrogen functional groups attached to an aromatic ring is 1. The molecule has 0 unspecified atom stereocenters. The molecular weight excluding hydrogens is 474 g/mol. The summed E-state index contributed by atoms with van der Waals surface area (Å²) in [5.74, 6) is 2.31. The summed E-state index contributed by atoms with van der Waals surface area (Å²) in [5.41, 5.74) is 2.76. The quantitative estimate of drug-likeness (QED) is 0.338. The lowest BCUT2D eigenvalue weighted by Crippen LogP contribution is -2.67. The van der Waals surface area contributed by atoms with Crippen molar-refractivity contribution in [2.75, 3.05) is 12.3 Å².